The molecule has 7 nitrogen and oxygen atoms in total. The first kappa shape index (κ1) is 23.3. The number of amides is 1. The average molecular weight is 440 g/mol. The minimum atomic E-state index is -3.68. The van der Waals surface area contributed by atoms with Crippen molar-refractivity contribution in [3.63, 3.8) is 0 Å². The van der Waals surface area contributed by atoms with Gasteiger partial charge in [-0.05, 0) is 37.1 Å². The summed E-state index contributed by atoms with van der Waals surface area (Å²) in [6.07, 6.45) is 3.52. The predicted molar refractivity (Wildman–Crippen MR) is 115 cm³/mol. The molecule has 9 heteroatoms. The lowest BCUT2D eigenvalue weighted by atomic mass is 10.3. The molecule has 0 aliphatic heterocycles. The van der Waals surface area contributed by atoms with Crippen LogP contribution in [-0.4, -0.2) is 43.8 Å². The van der Waals surface area contributed by atoms with Crippen LogP contribution < -0.4 is 10.1 Å². The number of carbonyl (C=O) groups excluding carboxylic acids is 1. The van der Waals surface area contributed by atoms with E-state index in [9.17, 15) is 13.2 Å². The molecule has 0 spiro atoms. The number of thiazole rings is 1. The number of ether oxygens (including phenoxy) is 1. The fourth-order valence-electron chi connectivity index (χ4n) is 2.62. The van der Waals surface area contributed by atoms with Gasteiger partial charge in [0.25, 0.3) is 5.91 Å². The van der Waals surface area contributed by atoms with E-state index in [4.69, 9.17) is 4.74 Å². The van der Waals surface area contributed by atoms with Gasteiger partial charge in [-0.25, -0.2) is 13.4 Å². The van der Waals surface area contributed by atoms with Gasteiger partial charge in [0, 0.05) is 18.5 Å². The van der Waals surface area contributed by atoms with Gasteiger partial charge in [-0.1, -0.05) is 26.7 Å². The van der Waals surface area contributed by atoms with Crippen LogP contribution in [0.1, 0.15) is 55.0 Å². The number of nitrogens with one attached hydrogen (secondary N) is 1. The monoisotopic (exact) mass is 439 g/mol. The normalized spacial score (nSPS) is 11.6. The van der Waals surface area contributed by atoms with Crippen LogP contribution in [0.4, 0.5) is 0 Å². The van der Waals surface area contributed by atoms with E-state index in [0.717, 1.165) is 25.7 Å². The van der Waals surface area contributed by atoms with Crippen molar-refractivity contribution < 1.29 is 17.9 Å². The first-order valence-corrected chi connectivity index (χ1v) is 12.1. The van der Waals surface area contributed by atoms with Crippen LogP contribution in [-0.2, 0) is 16.6 Å². The van der Waals surface area contributed by atoms with Gasteiger partial charge in [-0.2, -0.15) is 4.31 Å². The molecule has 1 amide bonds. The van der Waals surface area contributed by atoms with Crippen LogP contribution in [0.15, 0.2) is 34.5 Å². The van der Waals surface area contributed by atoms with E-state index < -0.39 is 10.0 Å². The molecular formula is C20H29N3O4S2. The van der Waals surface area contributed by atoms with Gasteiger partial charge in [0.2, 0.25) is 10.0 Å². The smallest absolute Gasteiger partial charge is 0.270 e. The molecule has 160 valence electrons. The standard InChI is InChI=1S/C20H29N3O4S2/c1-4-6-12-21-20(24)18-15-28-19(22-18)14-23(13-7-5-2)29(25,26)17-10-8-16(27-3)9-11-17/h8-11,15H,4-7,12-14H2,1-3H3,(H,21,24). The first-order valence-electron chi connectivity index (χ1n) is 9.79. The maximum absolute atomic E-state index is 13.1. The van der Waals surface area contributed by atoms with E-state index in [1.54, 1.807) is 29.6 Å². The molecule has 0 aliphatic rings. The lowest BCUT2D eigenvalue weighted by Crippen LogP contribution is -2.31. The number of methoxy groups -OCH3 is 1. The Morgan fingerprint density at radius 3 is 2.48 bits per heavy atom. The molecule has 0 saturated heterocycles. The molecule has 0 saturated carbocycles. The number of benzene rings is 1. The topological polar surface area (TPSA) is 88.6 Å². The van der Waals surface area contributed by atoms with Crippen LogP contribution >= 0.6 is 11.3 Å². The quantitative estimate of drug-likeness (QED) is 0.510. The second-order valence-electron chi connectivity index (χ2n) is 6.60. The molecule has 0 fully saturated rings. The average Bonchev–Trinajstić information content (AvgIpc) is 3.20. The summed E-state index contributed by atoms with van der Waals surface area (Å²) in [5.41, 5.74) is 0.332. The molecule has 2 aromatic rings. The minimum Gasteiger partial charge on any atom is -0.497 e. The van der Waals surface area contributed by atoms with Gasteiger partial charge in [-0.3, -0.25) is 4.79 Å². The summed E-state index contributed by atoms with van der Waals surface area (Å²) in [4.78, 5) is 16.7. The Labute approximate surface area is 177 Å². The van der Waals surface area contributed by atoms with Crippen molar-refractivity contribution in [2.45, 2.75) is 51.0 Å². The van der Waals surface area contributed by atoms with Gasteiger partial charge < -0.3 is 10.1 Å². The highest BCUT2D eigenvalue weighted by atomic mass is 32.2. The first-order chi connectivity index (χ1) is 13.9. The van der Waals surface area contributed by atoms with E-state index >= 15 is 0 Å². The van der Waals surface area contributed by atoms with Gasteiger partial charge in [0.1, 0.15) is 16.5 Å². The van der Waals surface area contributed by atoms with Crippen LogP contribution in [0.3, 0.4) is 0 Å². The molecular weight excluding hydrogens is 410 g/mol. The molecule has 0 radical (unpaired) electrons. The van der Waals surface area contributed by atoms with Crippen molar-refractivity contribution in [2.75, 3.05) is 20.2 Å². The zero-order valence-corrected chi connectivity index (χ0v) is 18.8. The van der Waals surface area contributed by atoms with E-state index in [-0.39, 0.29) is 17.3 Å². The zero-order chi connectivity index (χ0) is 21.3. The number of sulfonamides is 1. The number of unbranched alkanes of at least 4 members (excludes halogenated alkanes) is 2. The number of aromatic nitrogens is 1. The molecule has 0 aliphatic carbocycles. The Bertz CT molecular complexity index is 879. The minimum absolute atomic E-state index is 0.140. The lowest BCUT2D eigenvalue weighted by molar-refractivity contribution is 0.0948. The summed E-state index contributed by atoms with van der Waals surface area (Å²) < 4.78 is 32.8. The lowest BCUT2D eigenvalue weighted by Gasteiger charge is -2.21. The fraction of sp³-hybridized carbons (Fsp3) is 0.500. The third kappa shape index (κ3) is 6.52. The van der Waals surface area contributed by atoms with Crippen molar-refractivity contribution in [2.24, 2.45) is 0 Å². The van der Waals surface area contributed by atoms with Crippen molar-refractivity contribution in [1.29, 1.82) is 0 Å². The molecule has 1 aromatic carbocycles. The SMILES string of the molecule is CCCCNC(=O)c1csc(CN(CCCC)S(=O)(=O)c2ccc(OC)cc2)n1. The van der Waals surface area contributed by atoms with Crippen molar-refractivity contribution in [3.05, 3.63) is 40.3 Å². The summed E-state index contributed by atoms with van der Waals surface area (Å²) in [6, 6.07) is 6.35. The number of nitrogens with zero attached hydrogens (tertiary/aromatic N) is 2. The van der Waals surface area contributed by atoms with Gasteiger partial charge >= 0.3 is 0 Å². The molecule has 2 rings (SSSR count). The van der Waals surface area contributed by atoms with Gasteiger partial charge in [0.15, 0.2) is 0 Å². The van der Waals surface area contributed by atoms with Crippen LogP contribution in [0.2, 0.25) is 0 Å². The Kier molecular flexibility index (Phi) is 9.06. The molecule has 0 unspecified atom stereocenters. The Morgan fingerprint density at radius 1 is 1.17 bits per heavy atom. The van der Waals surface area contributed by atoms with Crippen LogP contribution in [0.5, 0.6) is 5.75 Å². The summed E-state index contributed by atoms with van der Waals surface area (Å²) in [5.74, 6) is 0.377. The number of rotatable bonds is 12. The highest BCUT2D eigenvalue weighted by molar-refractivity contribution is 7.89. The summed E-state index contributed by atoms with van der Waals surface area (Å²) in [5, 5.41) is 5.10. The summed E-state index contributed by atoms with van der Waals surface area (Å²) >= 11 is 1.30. The zero-order valence-electron chi connectivity index (χ0n) is 17.2. The molecule has 29 heavy (non-hydrogen) atoms. The predicted octanol–water partition coefficient (Wildman–Crippen LogP) is 3.67. The Hall–Kier alpha value is -1.97. The van der Waals surface area contributed by atoms with Gasteiger partial charge in [0.05, 0.1) is 18.6 Å². The Morgan fingerprint density at radius 2 is 1.86 bits per heavy atom. The number of hydrogen-bond donors (Lipinski definition) is 1. The summed E-state index contributed by atoms with van der Waals surface area (Å²) in [6.45, 7) is 5.21. The fourth-order valence-corrected chi connectivity index (χ4v) is 4.93. The van der Waals surface area contributed by atoms with Crippen molar-refractivity contribution >= 4 is 27.3 Å². The molecule has 1 aromatic heterocycles. The third-order valence-corrected chi connectivity index (χ3v) is 7.06. The van der Waals surface area contributed by atoms with E-state index in [0.29, 0.717) is 29.5 Å². The van der Waals surface area contributed by atoms with E-state index in [1.807, 2.05) is 6.92 Å². The van der Waals surface area contributed by atoms with Crippen LogP contribution in [0, 0.1) is 0 Å². The molecule has 0 atom stereocenters. The summed E-state index contributed by atoms with van der Waals surface area (Å²) in [7, 11) is -2.14. The molecule has 1 N–H and O–H groups in total. The largest absolute Gasteiger partial charge is 0.497 e. The third-order valence-electron chi connectivity index (χ3n) is 4.37. The number of hydrogen-bond acceptors (Lipinski definition) is 6. The highest BCUT2D eigenvalue weighted by Crippen LogP contribution is 2.23. The second kappa shape index (κ2) is 11.3. The highest BCUT2D eigenvalue weighted by Gasteiger charge is 2.25. The molecule has 0 bridgehead atoms. The van der Waals surface area contributed by atoms with Crippen molar-refractivity contribution in [1.82, 2.24) is 14.6 Å². The van der Waals surface area contributed by atoms with E-state index in [2.05, 4.69) is 17.2 Å². The Balaban J connectivity index is 2.16. The maximum atomic E-state index is 13.1. The molecule has 1 heterocycles. The van der Waals surface area contributed by atoms with Crippen LogP contribution in [0.25, 0.3) is 0 Å². The maximum Gasteiger partial charge on any atom is 0.270 e. The number of carbonyl (C=O) groups is 1. The van der Waals surface area contributed by atoms with Crippen molar-refractivity contribution in [3.8, 4) is 5.75 Å². The van der Waals surface area contributed by atoms with E-state index in [1.165, 1.54) is 22.8 Å². The van der Waals surface area contributed by atoms with Gasteiger partial charge in [-0.15, -0.1) is 11.3 Å². The second-order valence-corrected chi connectivity index (χ2v) is 9.48.